The summed E-state index contributed by atoms with van der Waals surface area (Å²) in [6.07, 6.45) is -3.33. The lowest BCUT2D eigenvalue weighted by Gasteiger charge is -2.15. The zero-order valence-electron chi connectivity index (χ0n) is 11.0. The minimum absolute atomic E-state index is 0. The predicted molar refractivity (Wildman–Crippen MR) is 71.8 cm³/mol. The monoisotopic (exact) mass is 297 g/mol. The van der Waals surface area contributed by atoms with Crippen LogP contribution >= 0.6 is 12.4 Å². The Morgan fingerprint density at radius 2 is 1.95 bits per heavy atom. The molecule has 0 aliphatic carbocycles. The lowest BCUT2D eigenvalue weighted by Crippen LogP contribution is -2.18. The Hall–Kier alpha value is -0.940. The molecule has 1 rings (SSSR count). The molecule has 0 saturated heterocycles. The summed E-state index contributed by atoms with van der Waals surface area (Å²) in [4.78, 5) is 0. The number of nitrogens with two attached hydrogens (primary N) is 1. The van der Waals surface area contributed by atoms with E-state index in [0.717, 1.165) is 6.07 Å². The topological polar surface area (TPSA) is 35.2 Å². The Balaban J connectivity index is 0.00000324. The Bertz CT molecular complexity index is 394. The smallest absolute Gasteiger partial charge is 0.419 e. The number of hydrogen-bond acceptors (Lipinski definition) is 2. The summed E-state index contributed by atoms with van der Waals surface area (Å²) >= 11 is 0. The largest absolute Gasteiger partial charge is 0.493 e. The molecule has 0 aliphatic heterocycles. The van der Waals surface area contributed by atoms with Gasteiger partial charge in [0.2, 0.25) is 0 Å². The van der Waals surface area contributed by atoms with Crippen LogP contribution in [0.1, 0.15) is 31.4 Å². The van der Waals surface area contributed by atoms with Crippen molar-refractivity contribution in [3.05, 3.63) is 29.3 Å². The third-order valence-corrected chi connectivity index (χ3v) is 2.37. The van der Waals surface area contributed by atoms with Gasteiger partial charge in [-0.3, -0.25) is 0 Å². The van der Waals surface area contributed by atoms with Crippen molar-refractivity contribution in [1.29, 1.82) is 0 Å². The number of ether oxygens (including phenoxy) is 1. The molecular weight excluding hydrogens is 279 g/mol. The molecule has 0 saturated carbocycles. The average molecular weight is 298 g/mol. The van der Waals surface area contributed by atoms with Crippen molar-refractivity contribution in [2.24, 2.45) is 5.73 Å². The Morgan fingerprint density at radius 1 is 1.32 bits per heavy atom. The number of halogens is 4. The van der Waals surface area contributed by atoms with E-state index in [1.165, 1.54) is 6.07 Å². The molecule has 19 heavy (non-hydrogen) atoms. The van der Waals surface area contributed by atoms with Gasteiger partial charge in [-0.15, -0.1) is 12.4 Å². The molecule has 0 radical (unpaired) electrons. The minimum atomic E-state index is -4.41. The van der Waals surface area contributed by atoms with Crippen molar-refractivity contribution in [3.63, 3.8) is 0 Å². The first-order valence-electron chi connectivity index (χ1n) is 5.93. The van der Waals surface area contributed by atoms with Crippen molar-refractivity contribution in [2.75, 3.05) is 6.61 Å². The summed E-state index contributed by atoms with van der Waals surface area (Å²) in [5, 5.41) is 0. The van der Waals surface area contributed by atoms with Crippen LogP contribution < -0.4 is 10.5 Å². The van der Waals surface area contributed by atoms with Crippen LogP contribution in [0.3, 0.4) is 0 Å². The second kappa shape index (κ2) is 7.60. The Kier molecular flexibility index (Phi) is 7.23. The molecule has 1 unspecified atom stereocenters. The first-order valence-corrected chi connectivity index (χ1v) is 5.93. The number of benzene rings is 1. The maximum absolute atomic E-state index is 12.9. The van der Waals surface area contributed by atoms with Crippen molar-refractivity contribution in [2.45, 2.75) is 38.9 Å². The van der Waals surface area contributed by atoms with Crippen LogP contribution in [-0.2, 0) is 12.6 Å². The van der Waals surface area contributed by atoms with E-state index in [-0.39, 0.29) is 30.8 Å². The maximum Gasteiger partial charge on any atom is 0.419 e. The van der Waals surface area contributed by atoms with Gasteiger partial charge in [0.05, 0.1) is 12.2 Å². The van der Waals surface area contributed by atoms with E-state index in [9.17, 15) is 13.2 Å². The molecule has 0 heterocycles. The summed E-state index contributed by atoms with van der Waals surface area (Å²) < 4.78 is 43.8. The van der Waals surface area contributed by atoms with E-state index in [4.69, 9.17) is 10.5 Å². The molecule has 110 valence electrons. The predicted octanol–water partition coefficient (Wildman–Crippen LogP) is 3.81. The van der Waals surface area contributed by atoms with Crippen LogP contribution in [-0.4, -0.2) is 12.6 Å². The number of hydrogen-bond donors (Lipinski definition) is 1. The van der Waals surface area contributed by atoms with E-state index in [2.05, 4.69) is 0 Å². The molecule has 0 fully saturated rings. The van der Waals surface area contributed by atoms with Gasteiger partial charge < -0.3 is 10.5 Å². The van der Waals surface area contributed by atoms with Gasteiger partial charge in [0.15, 0.2) is 0 Å². The average Bonchev–Trinajstić information content (AvgIpc) is 2.25. The summed E-state index contributed by atoms with van der Waals surface area (Å²) in [7, 11) is 0. The fraction of sp³-hybridized carbons (Fsp3) is 0.538. The van der Waals surface area contributed by atoms with Crippen molar-refractivity contribution in [3.8, 4) is 5.75 Å². The second-order valence-corrected chi connectivity index (χ2v) is 4.36. The van der Waals surface area contributed by atoms with Gasteiger partial charge in [-0.05, 0) is 37.5 Å². The van der Waals surface area contributed by atoms with Crippen LogP contribution in [0, 0.1) is 0 Å². The highest BCUT2D eigenvalue weighted by Gasteiger charge is 2.34. The molecule has 6 heteroatoms. The standard InChI is InChI=1S/C13H18F3NO.ClH/c1-3-6-18-12-5-4-10(7-9(2)17)8-11(12)13(14,15)16;/h4-5,8-9H,3,6-7,17H2,1-2H3;1H. The molecule has 1 atom stereocenters. The molecule has 0 aromatic heterocycles. The quantitative estimate of drug-likeness (QED) is 0.897. The first-order chi connectivity index (χ1) is 8.34. The maximum atomic E-state index is 12.9. The van der Waals surface area contributed by atoms with E-state index in [1.807, 2.05) is 6.92 Å². The lowest BCUT2D eigenvalue weighted by molar-refractivity contribution is -0.139. The second-order valence-electron chi connectivity index (χ2n) is 4.36. The summed E-state index contributed by atoms with van der Waals surface area (Å²) in [6, 6.07) is 3.95. The first kappa shape index (κ1) is 18.1. The molecule has 0 spiro atoms. The number of alkyl halides is 3. The Morgan fingerprint density at radius 3 is 2.42 bits per heavy atom. The fourth-order valence-corrected chi connectivity index (χ4v) is 1.64. The molecule has 1 aromatic carbocycles. The zero-order chi connectivity index (χ0) is 13.8. The van der Waals surface area contributed by atoms with E-state index >= 15 is 0 Å². The Labute approximate surface area is 117 Å². The molecule has 0 aliphatic rings. The number of rotatable bonds is 5. The summed E-state index contributed by atoms with van der Waals surface area (Å²) in [5.74, 6) is -0.113. The molecule has 2 nitrogen and oxygen atoms in total. The van der Waals surface area contributed by atoms with Gasteiger partial charge in [0.25, 0.3) is 0 Å². The SMILES string of the molecule is CCCOc1ccc(CC(C)N)cc1C(F)(F)F.Cl. The molecule has 2 N–H and O–H groups in total. The van der Waals surface area contributed by atoms with Crippen LogP contribution in [0.4, 0.5) is 13.2 Å². The van der Waals surface area contributed by atoms with E-state index in [1.54, 1.807) is 13.0 Å². The van der Waals surface area contributed by atoms with Crippen molar-refractivity contribution >= 4 is 12.4 Å². The highest BCUT2D eigenvalue weighted by Crippen LogP contribution is 2.37. The highest BCUT2D eigenvalue weighted by molar-refractivity contribution is 5.85. The third-order valence-electron chi connectivity index (χ3n) is 2.37. The van der Waals surface area contributed by atoms with Crippen molar-refractivity contribution in [1.82, 2.24) is 0 Å². The van der Waals surface area contributed by atoms with Gasteiger partial charge in [0, 0.05) is 6.04 Å². The van der Waals surface area contributed by atoms with Gasteiger partial charge in [-0.2, -0.15) is 13.2 Å². The summed E-state index contributed by atoms with van der Waals surface area (Å²) in [5.41, 5.74) is 5.43. The molecular formula is C13H19ClF3NO. The normalized spacial score (nSPS) is 12.7. The highest BCUT2D eigenvalue weighted by atomic mass is 35.5. The fourth-order valence-electron chi connectivity index (χ4n) is 1.64. The summed E-state index contributed by atoms with van der Waals surface area (Å²) in [6.45, 7) is 3.88. The van der Waals surface area contributed by atoms with Crippen LogP contribution in [0.25, 0.3) is 0 Å². The van der Waals surface area contributed by atoms with Crippen molar-refractivity contribution < 1.29 is 17.9 Å². The molecule has 1 aromatic rings. The lowest BCUT2D eigenvalue weighted by atomic mass is 10.0. The van der Waals surface area contributed by atoms with Gasteiger partial charge in [-0.25, -0.2) is 0 Å². The zero-order valence-corrected chi connectivity index (χ0v) is 11.8. The minimum Gasteiger partial charge on any atom is -0.493 e. The molecule has 0 amide bonds. The third kappa shape index (κ3) is 5.70. The molecule has 0 bridgehead atoms. The van der Waals surface area contributed by atoms with Crippen LogP contribution in [0.15, 0.2) is 18.2 Å². The van der Waals surface area contributed by atoms with Crippen LogP contribution in [0.2, 0.25) is 0 Å². The van der Waals surface area contributed by atoms with Gasteiger partial charge in [0.1, 0.15) is 5.75 Å². The van der Waals surface area contributed by atoms with E-state index < -0.39 is 11.7 Å². The van der Waals surface area contributed by atoms with Gasteiger partial charge >= 0.3 is 6.18 Å². The van der Waals surface area contributed by atoms with Gasteiger partial charge in [-0.1, -0.05) is 13.0 Å². The van der Waals surface area contributed by atoms with Crippen LogP contribution in [0.5, 0.6) is 5.75 Å². The van der Waals surface area contributed by atoms with E-state index in [0.29, 0.717) is 18.4 Å².